The van der Waals surface area contributed by atoms with Crippen LogP contribution < -0.4 is 0 Å². The van der Waals surface area contributed by atoms with E-state index in [4.69, 9.17) is 4.84 Å². The van der Waals surface area contributed by atoms with Crippen LogP contribution in [0.25, 0.3) is 10.1 Å². The molecular weight excluding hydrogens is 333 g/mol. The fourth-order valence-electron chi connectivity index (χ4n) is 2.49. The Morgan fingerprint density at radius 2 is 1.67 bits per heavy atom. The van der Waals surface area contributed by atoms with Crippen molar-refractivity contribution < 1.29 is 23.6 Å². The summed E-state index contributed by atoms with van der Waals surface area (Å²) < 4.78 is 13.9. The Balaban J connectivity index is 1.62. The van der Waals surface area contributed by atoms with E-state index in [0.717, 1.165) is 11.3 Å². The maximum absolute atomic E-state index is 13.2. The molecule has 7 heteroatoms. The third-order valence-corrected chi connectivity index (χ3v) is 4.71. The number of thiophene rings is 1. The lowest BCUT2D eigenvalue weighted by Gasteiger charge is -2.11. The van der Waals surface area contributed by atoms with Gasteiger partial charge in [0.05, 0.1) is 11.1 Å². The molecule has 5 nitrogen and oxygen atoms in total. The van der Waals surface area contributed by atoms with E-state index in [2.05, 4.69) is 0 Å². The highest BCUT2D eigenvalue weighted by Crippen LogP contribution is 2.28. The number of nitrogens with zero attached hydrogens (tertiary/aromatic N) is 1. The molecule has 0 spiro atoms. The van der Waals surface area contributed by atoms with E-state index in [9.17, 15) is 18.8 Å². The minimum Gasteiger partial charge on any atom is -0.323 e. The van der Waals surface area contributed by atoms with Gasteiger partial charge in [0, 0.05) is 4.70 Å². The summed E-state index contributed by atoms with van der Waals surface area (Å²) in [5.74, 6) is -2.63. The quantitative estimate of drug-likeness (QED) is 0.670. The number of amides is 2. The van der Waals surface area contributed by atoms with Crippen LogP contribution in [0.4, 0.5) is 4.39 Å². The highest BCUT2D eigenvalue weighted by Gasteiger charge is 2.39. The smallest absolute Gasteiger partial charge is 0.323 e. The fraction of sp³-hybridized carbons (Fsp3) is 0. The Bertz CT molecular complexity index is 991. The van der Waals surface area contributed by atoms with Crippen molar-refractivity contribution in [2.45, 2.75) is 0 Å². The van der Waals surface area contributed by atoms with Crippen molar-refractivity contribution in [2.75, 3.05) is 0 Å². The van der Waals surface area contributed by atoms with Crippen molar-refractivity contribution in [1.29, 1.82) is 0 Å². The topological polar surface area (TPSA) is 63.7 Å². The zero-order valence-electron chi connectivity index (χ0n) is 12.0. The van der Waals surface area contributed by atoms with Crippen LogP contribution in [0.15, 0.2) is 48.5 Å². The largest absolute Gasteiger partial charge is 0.373 e. The molecule has 24 heavy (non-hydrogen) atoms. The molecule has 0 saturated carbocycles. The van der Waals surface area contributed by atoms with Crippen LogP contribution in [0.3, 0.4) is 0 Å². The summed E-state index contributed by atoms with van der Waals surface area (Å²) in [7, 11) is 0. The molecule has 1 aromatic heterocycles. The summed E-state index contributed by atoms with van der Waals surface area (Å²) in [6.45, 7) is 0. The van der Waals surface area contributed by atoms with Crippen LogP contribution in [-0.2, 0) is 4.84 Å². The van der Waals surface area contributed by atoms with Crippen molar-refractivity contribution in [2.24, 2.45) is 0 Å². The predicted molar refractivity (Wildman–Crippen MR) is 84.1 cm³/mol. The first-order valence-electron chi connectivity index (χ1n) is 6.94. The van der Waals surface area contributed by atoms with Crippen LogP contribution in [0.1, 0.15) is 30.4 Å². The van der Waals surface area contributed by atoms with Crippen molar-refractivity contribution in [1.82, 2.24) is 5.06 Å². The average Bonchev–Trinajstić information content (AvgIpc) is 3.10. The summed E-state index contributed by atoms with van der Waals surface area (Å²) in [5.41, 5.74) is 0.377. The van der Waals surface area contributed by atoms with Gasteiger partial charge in [0.25, 0.3) is 11.8 Å². The molecular formula is C17H8FNO4S. The molecule has 0 bridgehead atoms. The van der Waals surface area contributed by atoms with Gasteiger partial charge in [-0.1, -0.05) is 17.2 Å². The highest BCUT2D eigenvalue weighted by atomic mass is 32.1. The number of hydrogen-bond donors (Lipinski definition) is 0. The molecule has 0 radical (unpaired) electrons. The monoisotopic (exact) mass is 341 g/mol. The first-order chi connectivity index (χ1) is 11.5. The zero-order valence-corrected chi connectivity index (χ0v) is 12.8. The van der Waals surface area contributed by atoms with E-state index >= 15 is 0 Å². The van der Waals surface area contributed by atoms with Gasteiger partial charge in [-0.3, -0.25) is 9.59 Å². The van der Waals surface area contributed by atoms with Crippen molar-refractivity contribution in [3.63, 3.8) is 0 Å². The van der Waals surface area contributed by atoms with Crippen LogP contribution in [0, 0.1) is 5.82 Å². The van der Waals surface area contributed by atoms with Gasteiger partial charge >= 0.3 is 5.97 Å². The van der Waals surface area contributed by atoms with Gasteiger partial charge in [0.1, 0.15) is 10.7 Å². The number of fused-ring (bicyclic) bond motifs is 2. The van der Waals surface area contributed by atoms with Crippen LogP contribution in [0.5, 0.6) is 0 Å². The third kappa shape index (κ3) is 2.17. The van der Waals surface area contributed by atoms with Gasteiger partial charge in [-0.15, -0.1) is 11.3 Å². The Hall–Kier alpha value is -3.06. The second-order valence-corrected chi connectivity index (χ2v) is 6.21. The predicted octanol–water partition coefficient (Wildman–Crippen LogP) is 3.41. The average molecular weight is 341 g/mol. The van der Waals surface area contributed by atoms with Gasteiger partial charge in [-0.05, 0) is 41.8 Å². The van der Waals surface area contributed by atoms with E-state index in [0.29, 0.717) is 15.1 Å². The van der Waals surface area contributed by atoms with E-state index < -0.39 is 23.6 Å². The number of rotatable bonds is 2. The molecule has 1 aliphatic rings. The molecule has 2 heterocycles. The van der Waals surface area contributed by atoms with E-state index in [1.165, 1.54) is 30.3 Å². The number of carbonyl (C=O) groups excluding carboxylic acids is 3. The summed E-state index contributed by atoms with van der Waals surface area (Å²) >= 11 is 1.09. The van der Waals surface area contributed by atoms with Crippen LogP contribution >= 0.6 is 11.3 Å². The number of halogens is 1. The number of benzene rings is 2. The van der Waals surface area contributed by atoms with Crippen LogP contribution in [0.2, 0.25) is 0 Å². The minimum atomic E-state index is -0.842. The minimum absolute atomic E-state index is 0.173. The molecule has 118 valence electrons. The van der Waals surface area contributed by atoms with E-state index in [1.54, 1.807) is 18.2 Å². The number of imide groups is 1. The summed E-state index contributed by atoms with van der Waals surface area (Å²) in [6, 6.07) is 11.8. The second kappa shape index (κ2) is 5.24. The fourth-order valence-corrected chi connectivity index (χ4v) is 3.41. The van der Waals surface area contributed by atoms with Gasteiger partial charge in [-0.25, -0.2) is 9.18 Å². The summed E-state index contributed by atoms with van der Waals surface area (Å²) in [5, 5.41) is 1.01. The van der Waals surface area contributed by atoms with Gasteiger partial charge in [0.2, 0.25) is 0 Å². The Morgan fingerprint density at radius 1 is 1.00 bits per heavy atom. The Kier molecular flexibility index (Phi) is 3.17. The lowest BCUT2D eigenvalue weighted by atomic mass is 10.1. The zero-order chi connectivity index (χ0) is 16.8. The molecule has 2 amide bonds. The van der Waals surface area contributed by atoms with Crippen molar-refractivity contribution in [3.05, 3.63) is 70.4 Å². The van der Waals surface area contributed by atoms with E-state index in [-0.39, 0.29) is 16.0 Å². The molecule has 4 rings (SSSR count). The number of hydrogen-bond acceptors (Lipinski definition) is 5. The maximum Gasteiger partial charge on any atom is 0.373 e. The molecule has 0 aliphatic carbocycles. The Morgan fingerprint density at radius 3 is 2.33 bits per heavy atom. The van der Waals surface area contributed by atoms with E-state index in [1.807, 2.05) is 0 Å². The van der Waals surface area contributed by atoms with Gasteiger partial charge in [0.15, 0.2) is 0 Å². The SMILES string of the molecule is O=C(ON1C(=O)c2ccccc2C1=O)c1cc2cc(F)ccc2s1. The van der Waals surface area contributed by atoms with Crippen molar-refractivity contribution >= 4 is 39.2 Å². The maximum atomic E-state index is 13.2. The standard InChI is InChI=1S/C17H8FNO4S/c18-10-5-6-13-9(7-10)8-14(24-13)17(22)23-19-15(20)11-3-1-2-4-12(11)16(19)21/h1-8H. The third-order valence-electron chi connectivity index (χ3n) is 3.61. The lowest BCUT2D eigenvalue weighted by molar-refractivity contribution is -0.0581. The lowest BCUT2D eigenvalue weighted by Crippen LogP contribution is -2.32. The summed E-state index contributed by atoms with van der Waals surface area (Å²) in [4.78, 5) is 41.7. The first-order valence-corrected chi connectivity index (χ1v) is 7.75. The first kappa shape index (κ1) is 14.5. The highest BCUT2D eigenvalue weighted by molar-refractivity contribution is 7.20. The summed E-state index contributed by atoms with van der Waals surface area (Å²) in [6.07, 6.45) is 0. The number of hydroxylamine groups is 2. The van der Waals surface area contributed by atoms with Crippen LogP contribution in [-0.4, -0.2) is 22.8 Å². The molecule has 2 aromatic carbocycles. The van der Waals surface area contributed by atoms with Crippen molar-refractivity contribution in [3.8, 4) is 0 Å². The molecule has 0 atom stereocenters. The number of carbonyl (C=O) groups is 3. The molecule has 3 aromatic rings. The molecule has 1 aliphatic heterocycles. The molecule has 0 N–H and O–H groups in total. The second-order valence-electron chi connectivity index (χ2n) is 5.12. The molecule has 0 unspecified atom stereocenters. The normalized spacial score (nSPS) is 13.5. The van der Waals surface area contributed by atoms with Gasteiger partial charge < -0.3 is 4.84 Å². The molecule has 0 fully saturated rings. The Labute approximate surface area is 138 Å². The molecule has 0 saturated heterocycles. The van der Waals surface area contributed by atoms with Gasteiger partial charge in [-0.2, -0.15) is 0 Å².